The quantitative estimate of drug-likeness (QED) is 0.567. The smallest absolute Gasteiger partial charge is 0.360 e. The molecule has 0 radical (unpaired) electrons. The van der Waals surface area contributed by atoms with Crippen molar-refractivity contribution in [3.63, 3.8) is 0 Å². The topological polar surface area (TPSA) is 108 Å². The van der Waals surface area contributed by atoms with Gasteiger partial charge in [-0.25, -0.2) is 4.79 Å². The van der Waals surface area contributed by atoms with Gasteiger partial charge in [0.1, 0.15) is 5.76 Å². The lowest BCUT2D eigenvalue weighted by Gasteiger charge is -2.10. The van der Waals surface area contributed by atoms with Gasteiger partial charge in [0.05, 0.1) is 23.6 Å². The standard InChI is InChI=1S/C21H30N4O5/c1-4-16-18-17(8-5-11-28-12-6-9-22-20(18)26)25(23-16)10-7-13-29-21(27)19-14(2)15(3)30-24-19/h4-13H2,1-3H3,(H,22,26). The second kappa shape index (κ2) is 10.4. The fourth-order valence-electron chi connectivity index (χ4n) is 3.46. The zero-order valence-electron chi connectivity index (χ0n) is 18.0. The van der Waals surface area contributed by atoms with Crippen LogP contribution in [0.1, 0.15) is 69.7 Å². The molecule has 164 valence electrons. The number of hydrogen-bond acceptors (Lipinski definition) is 7. The summed E-state index contributed by atoms with van der Waals surface area (Å²) in [6.45, 7) is 8.22. The van der Waals surface area contributed by atoms with Crippen molar-refractivity contribution in [3.05, 3.63) is 34.0 Å². The summed E-state index contributed by atoms with van der Waals surface area (Å²) in [5.41, 5.74) is 3.31. The SMILES string of the molecule is CCc1nn(CCCOC(=O)c2noc(C)c2C)c2c1C(=O)NCCCOCCC2. The Labute approximate surface area is 176 Å². The van der Waals surface area contributed by atoms with Gasteiger partial charge in [0, 0.05) is 38.3 Å². The van der Waals surface area contributed by atoms with E-state index < -0.39 is 5.97 Å². The molecule has 2 aromatic heterocycles. The first-order valence-corrected chi connectivity index (χ1v) is 10.6. The minimum absolute atomic E-state index is 0.0710. The number of aromatic nitrogens is 3. The number of nitrogens with zero attached hydrogens (tertiary/aromatic N) is 3. The van der Waals surface area contributed by atoms with Crippen LogP contribution in [0.2, 0.25) is 0 Å². The zero-order chi connectivity index (χ0) is 21.5. The monoisotopic (exact) mass is 418 g/mol. The second-order valence-corrected chi connectivity index (χ2v) is 7.37. The molecular weight excluding hydrogens is 388 g/mol. The highest BCUT2D eigenvalue weighted by molar-refractivity contribution is 5.96. The summed E-state index contributed by atoms with van der Waals surface area (Å²) in [5.74, 6) is 0.0437. The largest absolute Gasteiger partial charge is 0.461 e. The van der Waals surface area contributed by atoms with Crippen LogP contribution < -0.4 is 5.32 Å². The molecule has 0 unspecified atom stereocenters. The molecule has 1 amide bonds. The van der Waals surface area contributed by atoms with E-state index in [-0.39, 0.29) is 18.2 Å². The van der Waals surface area contributed by atoms with Gasteiger partial charge in [-0.1, -0.05) is 12.1 Å². The van der Waals surface area contributed by atoms with Gasteiger partial charge < -0.3 is 19.3 Å². The van der Waals surface area contributed by atoms with E-state index in [0.29, 0.717) is 62.5 Å². The minimum atomic E-state index is -0.491. The number of ether oxygens (including phenoxy) is 2. The summed E-state index contributed by atoms with van der Waals surface area (Å²) in [7, 11) is 0. The van der Waals surface area contributed by atoms with Crippen molar-refractivity contribution < 1.29 is 23.6 Å². The Hall–Kier alpha value is -2.68. The molecule has 1 aliphatic heterocycles. The minimum Gasteiger partial charge on any atom is -0.461 e. The van der Waals surface area contributed by atoms with Gasteiger partial charge in [-0.15, -0.1) is 0 Å². The molecule has 2 aromatic rings. The first-order chi connectivity index (χ1) is 14.5. The number of rotatable bonds is 6. The number of carbonyl (C=O) groups is 2. The Bertz CT molecular complexity index is 886. The lowest BCUT2D eigenvalue weighted by Crippen LogP contribution is -2.26. The first kappa shape index (κ1) is 22.0. The average molecular weight is 418 g/mol. The summed E-state index contributed by atoms with van der Waals surface area (Å²) in [4.78, 5) is 24.9. The summed E-state index contributed by atoms with van der Waals surface area (Å²) in [6, 6.07) is 0. The molecule has 1 aliphatic rings. The van der Waals surface area contributed by atoms with Gasteiger partial charge in [0.25, 0.3) is 5.91 Å². The predicted octanol–water partition coefficient (Wildman–Crippen LogP) is 2.38. The molecule has 0 fully saturated rings. The lowest BCUT2D eigenvalue weighted by atomic mass is 10.1. The molecule has 30 heavy (non-hydrogen) atoms. The van der Waals surface area contributed by atoms with Crippen LogP contribution in [-0.4, -0.2) is 53.2 Å². The van der Waals surface area contributed by atoms with E-state index in [1.165, 1.54) is 0 Å². The van der Waals surface area contributed by atoms with E-state index in [1.54, 1.807) is 13.8 Å². The molecule has 0 saturated carbocycles. The molecule has 3 heterocycles. The third kappa shape index (κ3) is 5.08. The third-order valence-electron chi connectivity index (χ3n) is 5.24. The van der Waals surface area contributed by atoms with Crippen LogP contribution in [0.15, 0.2) is 4.52 Å². The fourth-order valence-corrected chi connectivity index (χ4v) is 3.46. The van der Waals surface area contributed by atoms with Crippen molar-refractivity contribution in [2.75, 3.05) is 26.4 Å². The average Bonchev–Trinajstić information content (AvgIpc) is 3.25. The lowest BCUT2D eigenvalue weighted by molar-refractivity contribution is 0.0482. The molecular formula is C21H30N4O5. The highest BCUT2D eigenvalue weighted by atomic mass is 16.5. The summed E-state index contributed by atoms with van der Waals surface area (Å²) < 4.78 is 17.8. The Morgan fingerprint density at radius 1 is 1.27 bits per heavy atom. The molecule has 9 heteroatoms. The van der Waals surface area contributed by atoms with E-state index in [9.17, 15) is 9.59 Å². The number of nitrogens with one attached hydrogen (secondary N) is 1. The Kier molecular flexibility index (Phi) is 7.62. The molecule has 3 rings (SSSR count). The van der Waals surface area contributed by atoms with Crippen molar-refractivity contribution in [1.29, 1.82) is 0 Å². The van der Waals surface area contributed by atoms with E-state index in [1.807, 2.05) is 11.6 Å². The normalized spacial score (nSPS) is 15.2. The number of aryl methyl sites for hydroxylation is 3. The molecule has 0 bridgehead atoms. The maximum atomic E-state index is 12.7. The van der Waals surface area contributed by atoms with E-state index in [0.717, 1.165) is 24.2 Å². The van der Waals surface area contributed by atoms with Crippen molar-refractivity contribution in [1.82, 2.24) is 20.3 Å². The van der Waals surface area contributed by atoms with Gasteiger partial charge in [-0.05, 0) is 39.5 Å². The number of esters is 1. The summed E-state index contributed by atoms with van der Waals surface area (Å²) in [6.07, 6.45) is 3.60. The van der Waals surface area contributed by atoms with Gasteiger partial charge in [-0.2, -0.15) is 5.10 Å². The first-order valence-electron chi connectivity index (χ1n) is 10.6. The van der Waals surface area contributed by atoms with Crippen molar-refractivity contribution in [2.45, 2.75) is 59.4 Å². The van der Waals surface area contributed by atoms with E-state index in [4.69, 9.17) is 14.0 Å². The highest BCUT2D eigenvalue weighted by Gasteiger charge is 2.23. The third-order valence-corrected chi connectivity index (χ3v) is 5.24. The van der Waals surface area contributed by atoms with Crippen LogP contribution in [0.25, 0.3) is 0 Å². The molecule has 0 atom stereocenters. The van der Waals surface area contributed by atoms with Crippen LogP contribution in [0.3, 0.4) is 0 Å². The Morgan fingerprint density at radius 3 is 2.80 bits per heavy atom. The number of amides is 1. The van der Waals surface area contributed by atoms with Crippen molar-refractivity contribution in [3.8, 4) is 0 Å². The molecule has 0 spiro atoms. The van der Waals surface area contributed by atoms with Crippen LogP contribution in [-0.2, 0) is 28.9 Å². The summed E-state index contributed by atoms with van der Waals surface area (Å²) >= 11 is 0. The molecule has 9 nitrogen and oxygen atoms in total. The van der Waals surface area contributed by atoms with Crippen LogP contribution in [0, 0.1) is 13.8 Å². The number of hydrogen-bond donors (Lipinski definition) is 1. The van der Waals surface area contributed by atoms with Crippen LogP contribution in [0.4, 0.5) is 0 Å². The number of carbonyl (C=O) groups excluding carboxylic acids is 2. The molecule has 1 N–H and O–H groups in total. The van der Waals surface area contributed by atoms with Gasteiger partial charge >= 0.3 is 5.97 Å². The van der Waals surface area contributed by atoms with Crippen LogP contribution >= 0.6 is 0 Å². The Balaban J connectivity index is 1.66. The van der Waals surface area contributed by atoms with E-state index in [2.05, 4.69) is 15.6 Å². The maximum Gasteiger partial charge on any atom is 0.360 e. The molecule has 0 aromatic carbocycles. The van der Waals surface area contributed by atoms with Gasteiger partial charge in [0.2, 0.25) is 0 Å². The highest BCUT2D eigenvalue weighted by Crippen LogP contribution is 2.19. The van der Waals surface area contributed by atoms with Crippen molar-refractivity contribution in [2.24, 2.45) is 0 Å². The van der Waals surface area contributed by atoms with Gasteiger partial charge in [0.15, 0.2) is 5.69 Å². The van der Waals surface area contributed by atoms with E-state index >= 15 is 0 Å². The number of fused-ring (bicyclic) bond motifs is 1. The summed E-state index contributed by atoms with van der Waals surface area (Å²) in [5, 5.41) is 11.4. The second-order valence-electron chi connectivity index (χ2n) is 7.37. The zero-order valence-corrected chi connectivity index (χ0v) is 18.0. The van der Waals surface area contributed by atoms with Gasteiger partial charge in [-0.3, -0.25) is 9.48 Å². The molecule has 0 saturated heterocycles. The Morgan fingerprint density at radius 2 is 2.07 bits per heavy atom. The van der Waals surface area contributed by atoms with Crippen molar-refractivity contribution >= 4 is 11.9 Å². The predicted molar refractivity (Wildman–Crippen MR) is 109 cm³/mol. The van der Waals surface area contributed by atoms with Crippen LogP contribution in [0.5, 0.6) is 0 Å². The molecule has 0 aliphatic carbocycles. The maximum absolute atomic E-state index is 12.7. The fraction of sp³-hybridized carbons (Fsp3) is 0.619.